The number of benzene rings is 1. The molecule has 0 radical (unpaired) electrons. The van der Waals surface area contributed by atoms with Crippen molar-refractivity contribution < 1.29 is 13.2 Å². The Morgan fingerprint density at radius 1 is 1.32 bits per heavy atom. The Morgan fingerprint density at radius 2 is 1.95 bits per heavy atom. The SMILES string of the molecule is CN(C1CCOCC1)S(=O)(=O)c1ccccc1CN. The van der Waals surface area contributed by atoms with Crippen molar-refractivity contribution in [1.82, 2.24) is 4.31 Å². The Balaban J connectivity index is 2.30. The second-order valence-electron chi connectivity index (χ2n) is 4.68. The molecule has 0 bridgehead atoms. The Morgan fingerprint density at radius 3 is 2.58 bits per heavy atom. The van der Waals surface area contributed by atoms with Crippen LogP contribution in [0.2, 0.25) is 0 Å². The maximum Gasteiger partial charge on any atom is 0.243 e. The zero-order chi connectivity index (χ0) is 13.9. The number of sulfonamides is 1. The smallest absolute Gasteiger partial charge is 0.243 e. The normalized spacial score (nSPS) is 17.8. The summed E-state index contributed by atoms with van der Waals surface area (Å²) in [6.45, 7) is 1.45. The summed E-state index contributed by atoms with van der Waals surface area (Å²) in [5, 5.41) is 0. The quantitative estimate of drug-likeness (QED) is 0.893. The number of nitrogens with two attached hydrogens (primary N) is 1. The van der Waals surface area contributed by atoms with Crippen molar-refractivity contribution in [2.75, 3.05) is 20.3 Å². The van der Waals surface area contributed by atoms with Gasteiger partial charge < -0.3 is 10.5 Å². The largest absolute Gasteiger partial charge is 0.381 e. The summed E-state index contributed by atoms with van der Waals surface area (Å²) >= 11 is 0. The van der Waals surface area contributed by atoms with Gasteiger partial charge in [0.1, 0.15) is 0 Å². The highest BCUT2D eigenvalue weighted by molar-refractivity contribution is 7.89. The maximum absolute atomic E-state index is 12.6. The predicted octanol–water partition coefficient (Wildman–Crippen LogP) is 0.945. The molecule has 1 aromatic carbocycles. The molecule has 6 heteroatoms. The summed E-state index contributed by atoms with van der Waals surface area (Å²) in [6, 6.07) is 6.90. The van der Waals surface area contributed by atoms with Gasteiger partial charge in [-0.15, -0.1) is 0 Å². The van der Waals surface area contributed by atoms with Gasteiger partial charge in [0.2, 0.25) is 10.0 Å². The molecule has 0 saturated carbocycles. The first kappa shape index (κ1) is 14.5. The Labute approximate surface area is 114 Å². The molecule has 19 heavy (non-hydrogen) atoms. The van der Waals surface area contributed by atoms with E-state index in [1.807, 2.05) is 0 Å². The lowest BCUT2D eigenvalue weighted by Crippen LogP contribution is -2.40. The molecule has 5 nitrogen and oxygen atoms in total. The first-order chi connectivity index (χ1) is 9.07. The minimum absolute atomic E-state index is 0.00424. The molecule has 1 aliphatic heterocycles. The van der Waals surface area contributed by atoms with Gasteiger partial charge in [0.15, 0.2) is 0 Å². The highest BCUT2D eigenvalue weighted by Gasteiger charge is 2.30. The van der Waals surface area contributed by atoms with E-state index in [0.29, 0.717) is 23.7 Å². The summed E-state index contributed by atoms with van der Waals surface area (Å²) in [5.74, 6) is 0. The van der Waals surface area contributed by atoms with Crippen LogP contribution in [0.3, 0.4) is 0 Å². The van der Waals surface area contributed by atoms with Crippen LogP contribution in [0.5, 0.6) is 0 Å². The fraction of sp³-hybridized carbons (Fsp3) is 0.538. The van der Waals surface area contributed by atoms with Crippen molar-refractivity contribution in [2.24, 2.45) is 5.73 Å². The monoisotopic (exact) mass is 284 g/mol. The van der Waals surface area contributed by atoms with E-state index in [9.17, 15) is 8.42 Å². The van der Waals surface area contributed by atoms with Crippen LogP contribution in [-0.2, 0) is 21.3 Å². The average Bonchev–Trinajstić information content (AvgIpc) is 2.47. The lowest BCUT2D eigenvalue weighted by Gasteiger charge is -2.30. The summed E-state index contributed by atoms with van der Waals surface area (Å²) in [5.41, 5.74) is 6.28. The van der Waals surface area contributed by atoms with E-state index >= 15 is 0 Å². The van der Waals surface area contributed by atoms with Crippen LogP contribution in [0.4, 0.5) is 0 Å². The van der Waals surface area contributed by atoms with E-state index in [0.717, 1.165) is 12.8 Å². The molecule has 1 heterocycles. The van der Waals surface area contributed by atoms with Crippen LogP contribution in [0.25, 0.3) is 0 Å². The molecular weight excluding hydrogens is 264 g/mol. The van der Waals surface area contributed by atoms with E-state index in [4.69, 9.17) is 10.5 Å². The van der Waals surface area contributed by atoms with E-state index in [-0.39, 0.29) is 12.6 Å². The minimum Gasteiger partial charge on any atom is -0.381 e. The minimum atomic E-state index is -3.48. The molecule has 0 aliphatic carbocycles. The van der Waals surface area contributed by atoms with Crippen LogP contribution < -0.4 is 5.73 Å². The first-order valence-electron chi connectivity index (χ1n) is 6.41. The van der Waals surface area contributed by atoms with Crippen LogP contribution in [0.1, 0.15) is 18.4 Å². The molecule has 2 N–H and O–H groups in total. The lowest BCUT2D eigenvalue weighted by atomic mass is 10.1. The number of hydrogen-bond donors (Lipinski definition) is 1. The van der Waals surface area contributed by atoms with Gasteiger partial charge >= 0.3 is 0 Å². The zero-order valence-corrected chi connectivity index (χ0v) is 11.9. The van der Waals surface area contributed by atoms with Crippen LogP contribution in [0.15, 0.2) is 29.2 Å². The van der Waals surface area contributed by atoms with Crippen molar-refractivity contribution in [2.45, 2.75) is 30.3 Å². The summed E-state index contributed by atoms with van der Waals surface area (Å²) in [6.07, 6.45) is 1.47. The average molecular weight is 284 g/mol. The van der Waals surface area contributed by atoms with Gasteiger partial charge in [-0.05, 0) is 24.5 Å². The van der Waals surface area contributed by atoms with Gasteiger partial charge in [0.05, 0.1) is 4.90 Å². The Hall–Kier alpha value is -0.950. The van der Waals surface area contributed by atoms with Crippen molar-refractivity contribution in [1.29, 1.82) is 0 Å². The second-order valence-corrected chi connectivity index (χ2v) is 6.64. The first-order valence-corrected chi connectivity index (χ1v) is 7.85. The summed E-state index contributed by atoms with van der Waals surface area (Å²) in [4.78, 5) is 0.312. The third kappa shape index (κ3) is 2.97. The number of nitrogens with zero attached hydrogens (tertiary/aromatic N) is 1. The van der Waals surface area contributed by atoms with Crippen LogP contribution in [-0.4, -0.2) is 39.0 Å². The van der Waals surface area contributed by atoms with Gasteiger partial charge in [0.25, 0.3) is 0 Å². The predicted molar refractivity (Wildman–Crippen MR) is 73.1 cm³/mol. The van der Waals surface area contributed by atoms with Gasteiger partial charge in [-0.1, -0.05) is 18.2 Å². The molecule has 0 aromatic heterocycles. The number of ether oxygens (including phenoxy) is 1. The molecule has 1 fully saturated rings. The molecule has 106 valence electrons. The second kappa shape index (κ2) is 6.00. The maximum atomic E-state index is 12.6. The molecule has 0 spiro atoms. The molecule has 1 aliphatic rings. The summed E-state index contributed by atoms with van der Waals surface area (Å²) < 4.78 is 32.0. The Kier molecular flexibility index (Phi) is 4.57. The number of rotatable bonds is 4. The van der Waals surface area contributed by atoms with Crippen LogP contribution >= 0.6 is 0 Å². The molecule has 0 amide bonds. The van der Waals surface area contributed by atoms with Gasteiger partial charge in [-0.25, -0.2) is 8.42 Å². The third-order valence-corrected chi connectivity index (χ3v) is 5.57. The van der Waals surface area contributed by atoms with Crippen molar-refractivity contribution >= 4 is 10.0 Å². The topological polar surface area (TPSA) is 72.6 Å². The lowest BCUT2D eigenvalue weighted by molar-refractivity contribution is 0.0632. The number of hydrogen-bond acceptors (Lipinski definition) is 4. The van der Waals surface area contributed by atoms with Gasteiger partial charge in [0, 0.05) is 32.8 Å². The highest BCUT2D eigenvalue weighted by Crippen LogP contribution is 2.24. The van der Waals surface area contributed by atoms with Crippen LogP contribution in [0, 0.1) is 0 Å². The van der Waals surface area contributed by atoms with Crippen molar-refractivity contribution in [3.05, 3.63) is 29.8 Å². The van der Waals surface area contributed by atoms with Crippen molar-refractivity contribution in [3.8, 4) is 0 Å². The molecular formula is C13H20N2O3S. The molecule has 1 aromatic rings. The van der Waals surface area contributed by atoms with Gasteiger partial charge in [-0.3, -0.25) is 0 Å². The standard InChI is InChI=1S/C13H20N2O3S/c1-15(12-6-8-18-9-7-12)19(16,17)13-5-3-2-4-11(13)10-14/h2-5,12H,6-10,14H2,1H3. The van der Waals surface area contributed by atoms with E-state index in [1.54, 1.807) is 31.3 Å². The molecule has 0 atom stereocenters. The zero-order valence-electron chi connectivity index (χ0n) is 11.1. The third-order valence-electron chi connectivity index (χ3n) is 3.55. The van der Waals surface area contributed by atoms with Crippen molar-refractivity contribution in [3.63, 3.8) is 0 Å². The Bertz CT molecular complexity index is 524. The summed E-state index contributed by atoms with van der Waals surface area (Å²) in [7, 11) is -1.85. The molecule has 1 saturated heterocycles. The fourth-order valence-corrected chi connectivity index (χ4v) is 3.97. The van der Waals surface area contributed by atoms with E-state index < -0.39 is 10.0 Å². The van der Waals surface area contributed by atoms with Gasteiger partial charge in [-0.2, -0.15) is 4.31 Å². The van der Waals surface area contributed by atoms with E-state index in [1.165, 1.54) is 4.31 Å². The highest BCUT2D eigenvalue weighted by atomic mass is 32.2. The molecule has 2 rings (SSSR count). The molecule has 0 unspecified atom stereocenters. The van der Waals surface area contributed by atoms with E-state index in [2.05, 4.69) is 0 Å². The fourth-order valence-electron chi connectivity index (χ4n) is 2.32.